The maximum atomic E-state index is 10.2. The molecule has 0 unspecified atom stereocenters. The average Bonchev–Trinajstić information content (AvgIpc) is 2.30. The van der Waals surface area contributed by atoms with E-state index < -0.39 is 0 Å². The van der Waals surface area contributed by atoms with E-state index in [2.05, 4.69) is 20.9 Å². The molecule has 0 aliphatic carbocycles. The van der Waals surface area contributed by atoms with E-state index in [9.17, 15) is 4.79 Å². The zero-order valence-corrected chi connectivity index (χ0v) is 7.53. The van der Waals surface area contributed by atoms with Crippen LogP contribution in [0.2, 0.25) is 0 Å². The number of aromatic nitrogens is 1. The van der Waals surface area contributed by atoms with Gasteiger partial charge in [0.1, 0.15) is 9.48 Å². The van der Waals surface area contributed by atoms with Gasteiger partial charge in [0.15, 0.2) is 6.29 Å². The van der Waals surface area contributed by atoms with Crippen LogP contribution in [0.4, 0.5) is 0 Å². The number of carbonyl (C=O) groups excluding carboxylic acids is 1. The van der Waals surface area contributed by atoms with Gasteiger partial charge in [-0.25, -0.2) is 0 Å². The standard InChI is InChI=1S/C5H4BrNO2S/c1-9-5-7-4(6)3(2-8)10-5/h2H,1H3. The SMILES string of the molecule is COc1nc(Br)c(C=O)s1. The van der Waals surface area contributed by atoms with Crippen LogP contribution in [0.25, 0.3) is 0 Å². The van der Waals surface area contributed by atoms with Gasteiger partial charge in [-0.15, -0.1) is 0 Å². The van der Waals surface area contributed by atoms with Crippen LogP contribution < -0.4 is 4.74 Å². The summed E-state index contributed by atoms with van der Waals surface area (Å²) in [5.74, 6) is 0. The number of rotatable bonds is 2. The fourth-order valence-corrected chi connectivity index (χ4v) is 1.66. The summed E-state index contributed by atoms with van der Waals surface area (Å²) >= 11 is 4.32. The summed E-state index contributed by atoms with van der Waals surface area (Å²) in [6.45, 7) is 0. The lowest BCUT2D eigenvalue weighted by atomic mass is 10.6. The van der Waals surface area contributed by atoms with Crippen LogP contribution in [0, 0.1) is 0 Å². The van der Waals surface area contributed by atoms with Crippen molar-refractivity contribution in [2.45, 2.75) is 0 Å². The van der Waals surface area contributed by atoms with Gasteiger partial charge in [0.2, 0.25) is 0 Å². The Morgan fingerprint density at radius 1 is 1.80 bits per heavy atom. The highest BCUT2D eigenvalue weighted by Crippen LogP contribution is 2.26. The second-order valence-corrected chi connectivity index (χ2v) is 3.20. The van der Waals surface area contributed by atoms with Crippen LogP contribution in [0.15, 0.2) is 4.60 Å². The maximum Gasteiger partial charge on any atom is 0.274 e. The number of carbonyl (C=O) groups is 1. The predicted octanol–water partition coefficient (Wildman–Crippen LogP) is 1.73. The third-order valence-corrected chi connectivity index (χ3v) is 2.68. The fraction of sp³-hybridized carbons (Fsp3) is 0.200. The number of aldehydes is 1. The number of thiazole rings is 1. The van der Waals surface area contributed by atoms with Gasteiger partial charge in [-0.3, -0.25) is 4.79 Å². The van der Waals surface area contributed by atoms with Crippen molar-refractivity contribution in [1.82, 2.24) is 4.98 Å². The molecule has 0 aromatic carbocycles. The third kappa shape index (κ3) is 1.35. The highest BCUT2D eigenvalue weighted by atomic mass is 79.9. The lowest BCUT2D eigenvalue weighted by molar-refractivity contribution is 0.112. The van der Waals surface area contributed by atoms with Crippen LogP contribution in [0.3, 0.4) is 0 Å². The monoisotopic (exact) mass is 221 g/mol. The summed E-state index contributed by atoms with van der Waals surface area (Å²) in [5.41, 5.74) is 0. The molecule has 1 aromatic heterocycles. The summed E-state index contributed by atoms with van der Waals surface area (Å²) < 4.78 is 5.34. The average molecular weight is 222 g/mol. The van der Waals surface area contributed by atoms with E-state index in [0.717, 1.165) is 6.29 Å². The third-order valence-electron chi connectivity index (χ3n) is 0.872. The Morgan fingerprint density at radius 3 is 2.80 bits per heavy atom. The molecule has 1 aromatic rings. The first kappa shape index (κ1) is 7.68. The van der Waals surface area contributed by atoms with Crippen molar-refractivity contribution in [3.05, 3.63) is 9.48 Å². The van der Waals surface area contributed by atoms with Crippen LogP contribution in [-0.2, 0) is 0 Å². The fourth-order valence-electron chi connectivity index (χ4n) is 0.454. The van der Waals surface area contributed by atoms with Gasteiger partial charge >= 0.3 is 0 Å². The second kappa shape index (κ2) is 3.12. The number of ether oxygens (including phenoxy) is 1. The molecule has 5 heteroatoms. The zero-order chi connectivity index (χ0) is 7.56. The van der Waals surface area contributed by atoms with Crippen molar-refractivity contribution in [2.75, 3.05) is 7.11 Å². The Bertz CT molecular complexity index is 248. The molecular weight excluding hydrogens is 218 g/mol. The molecule has 10 heavy (non-hydrogen) atoms. The molecular formula is C5H4BrNO2S. The minimum Gasteiger partial charge on any atom is -0.473 e. The van der Waals surface area contributed by atoms with Crippen molar-refractivity contribution in [2.24, 2.45) is 0 Å². The molecule has 1 heterocycles. The molecule has 54 valence electrons. The molecule has 0 N–H and O–H groups in total. The summed E-state index contributed by atoms with van der Waals surface area (Å²) in [6.07, 6.45) is 0.740. The van der Waals surface area contributed by atoms with Gasteiger partial charge in [-0.2, -0.15) is 4.98 Å². The lowest BCUT2D eigenvalue weighted by Gasteiger charge is -1.84. The van der Waals surface area contributed by atoms with Gasteiger partial charge in [-0.1, -0.05) is 11.3 Å². The number of hydrogen-bond donors (Lipinski definition) is 0. The summed E-state index contributed by atoms with van der Waals surface area (Å²) in [4.78, 5) is 14.7. The molecule has 1 rings (SSSR count). The van der Waals surface area contributed by atoms with Crippen LogP contribution in [-0.4, -0.2) is 18.4 Å². The van der Waals surface area contributed by atoms with Crippen molar-refractivity contribution in [3.63, 3.8) is 0 Å². The molecule has 0 aliphatic rings. The van der Waals surface area contributed by atoms with Crippen molar-refractivity contribution >= 4 is 33.6 Å². The predicted molar refractivity (Wildman–Crippen MR) is 41.8 cm³/mol. The minimum atomic E-state index is 0.494. The quantitative estimate of drug-likeness (QED) is 0.715. The van der Waals surface area contributed by atoms with Crippen LogP contribution in [0.5, 0.6) is 5.19 Å². The van der Waals surface area contributed by atoms with Crippen LogP contribution in [0.1, 0.15) is 9.67 Å². The van der Waals surface area contributed by atoms with Crippen molar-refractivity contribution in [3.8, 4) is 5.19 Å². The molecule has 0 aliphatic heterocycles. The van der Waals surface area contributed by atoms with E-state index in [4.69, 9.17) is 4.74 Å². The topological polar surface area (TPSA) is 39.2 Å². The first-order chi connectivity index (χ1) is 4.77. The van der Waals surface area contributed by atoms with Crippen molar-refractivity contribution < 1.29 is 9.53 Å². The molecule has 0 atom stereocenters. The minimum absolute atomic E-state index is 0.494. The number of hydrogen-bond acceptors (Lipinski definition) is 4. The first-order valence-electron chi connectivity index (χ1n) is 2.43. The Labute approximate surface area is 70.2 Å². The van der Waals surface area contributed by atoms with Gasteiger partial charge in [0.05, 0.1) is 7.11 Å². The molecule has 0 amide bonds. The second-order valence-electron chi connectivity index (χ2n) is 1.46. The Morgan fingerprint density at radius 2 is 2.50 bits per heavy atom. The Kier molecular flexibility index (Phi) is 2.39. The van der Waals surface area contributed by atoms with Gasteiger partial charge < -0.3 is 4.74 Å². The number of nitrogens with zero attached hydrogens (tertiary/aromatic N) is 1. The Hall–Kier alpha value is -0.420. The molecule has 0 saturated carbocycles. The van der Waals surface area contributed by atoms with E-state index in [0.29, 0.717) is 14.7 Å². The van der Waals surface area contributed by atoms with Crippen molar-refractivity contribution in [1.29, 1.82) is 0 Å². The zero-order valence-electron chi connectivity index (χ0n) is 5.13. The van der Waals surface area contributed by atoms with Gasteiger partial charge in [0, 0.05) is 0 Å². The summed E-state index contributed by atoms with van der Waals surface area (Å²) in [6, 6.07) is 0. The largest absolute Gasteiger partial charge is 0.473 e. The molecule has 3 nitrogen and oxygen atoms in total. The molecule has 0 fully saturated rings. The maximum absolute atomic E-state index is 10.2. The molecule has 0 saturated heterocycles. The highest BCUT2D eigenvalue weighted by Gasteiger charge is 2.06. The number of halogens is 1. The van der Waals surface area contributed by atoms with Gasteiger partial charge in [-0.05, 0) is 15.9 Å². The molecule has 0 bridgehead atoms. The smallest absolute Gasteiger partial charge is 0.274 e. The first-order valence-corrected chi connectivity index (χ1v) is 4.04. The van der Waals surface area contributed by atoms with E-state index >= 15 is 0 Å². The van der Waals surface area contributed by atoms with Crippen LogP contribution >= 0.6 is 27.3 Å². The number of methoxy groups -OCH3 is 1. The Balaban J connectivity index is 3.03. The van der Waals surface area contributed by atoms with Gasteiger partial charge in [0.25, 0.3) is 5.19 Å². The molecule has 0 spiro atoms. The summed E-state index contributed by atoms with van der Waals surface area (Å²) in [5, 5.41) is 0.494. The molecule has 0 radical (unpaired) electrons. The normalized spacial score (nSPS) is 9.40. The van der Waals surface area contributed by atoms with E-state index in [-0.39, 0.29) is 0 Å². The lowest BCUT2D eigenvalue weighted by Crippen LogP contribution is -1.78. The van der Waals surface area contributed by atoms with E-state index in [1.165, 1.54) is 18.4 Å². The van der Waals surface area contributed by atoms with E-state index in [1.807, 2.05) is 0 Å². The summed E-state index contributed by atoms with van der Waals surface area (Å²) in [7, 11) is 1.51. The van der Waals surface area contributed by atoms with E-state index in [1.54, 1.807) is 0 Å². The highest BCUT2D eigenvalue weighted by molar-refractivity contribution is 9.10.